The molecule has 1 heterocycles. The molecule has 2 aromatic rings. The fourth-order valence-electron chi connectivity index (χ4n) is 2.57. The number of aromatic nitrogens is 1. The molecule has 0 radical (unpaired) electrons. The zero-order chi connectivity index (χ0) is 20.2. The molecule has 0 atom stereocenters. The number of benzene rings is 1. The van der Waals surface area contributed by atoms with Crippen molar-refractivity contribution >= 4 is 17.3 Å². The molecule has 6 nitrogen and oxygen atoms in total. The van der Waals surface area contributed by atoms with E-state index in [1.54, 1.807) is 18.4 Å². The highest BCUT2D eigenvalue weighted by atomic mass is 32.1. The average molecular weight is 405 g/mol. The van der Waals surface area contributed by atoms with Crippen LogP contribution in [0.4, 0.5) is 0 Å². The zero-order valence-corrected chi connectivity index (χ0v) is 18.2. The maximum atomic E-state index is 5.76. The molecule has 1 aromatic heterocycles. The predicted molar refractivity (Wildman–Crippen MR) is 117 cm³/mol. The van der Waals surface area contributed by atoms with Crippen molar-refractivity contribution in [3.05, 3.63) is 45.4 Å². The molecule has 1 aromatic carbocycles. The number of aliphatic imine (C=N–C) groups is 1. The van der Waals surface area contributed by atoms with Gasteiger partial charge in [0, 0.05) is 44.5 Å². The van der Waals surface area contributed by atoms with Gasteiger partial charge >= 0.3 is 0 Å². The Kier molecular flexibility index (Phi) is 9.79. The number of nitrogens with zero attached hydrogens (tertiary/aromatic N) is 2. The van der Waals surface area contributed by atoms with E-state index in [0.29, 0.717) is 19.8 Å². The first-order valence-electron chi connectivity index (χ1n) is 9.78. The van der Waals surface area contributed by atoms with E-state index in [-0.39, 0.29) is 0 Å². The number of guanidine groups is 1. The van der Waals surface area contributed by atoms with Crippen molar-refractivity contribution in [2.75, 3.05) is 33.4 Å². The van der Waals surface area contributed by atoms with Gasteiger partial charge in [-0.25, -0.2) is 9.98 Å². The molecule has 0 unspecified atom stereocenters. The lowest BCUT2D eigenvalue weighted by Gasteiger charge is -2.11. The third-order valence-corrected chi connectivity index (χ3v) is 5.26. The van der Waals surface area contributed by atoms with Crippen LogP contribution in [0.5, 0.6) is 5.75 Å². The molecule has 0 amide bonds. The molecule has 7 heteroatoms. The molecule has 0 saturated carbocycles. The highest BCUT2D eigenvalue weighted by Gasteiger charge is 2.04. The minimum Gasteiger partial charge on any atom is -0.493 e. The third-order valence-electron chi connectivity index (χ3n) is 4.13. The molecule has 0 aliphatic carbocycles. The van der Waals surface area contributed by atoms with Gasteiger partial charge in [-0.15, -0.1) is 11.3 Å². The second kappa shape index (κ2) is 12.4. The van der Waals surface area contributed by atoms with Gasteiger partial charge < -0.3 is 20.1 Å². The zero-order valence-electron chi connectivity index (χ0n) is 17.4. The number of aryl methyl sites for hydroxylation is 2. The van der Waals surface area contributed by atoms with Crippen molar-refractivity contribution in [3.8, 4) is 5.75 Å². The molecule has 2 N–H and O–H groups in total. The maximum absolute atomic E-state index is 5.76. The number of rotatable bonds is 11. The molecular weight excluding hydrogens is 372 g/mol. The van der Waals surface area contributed by atoms with Gasteiger partial charge in [-0.3, -0.25) is 0 Å². The topological polar surface area (TPSA) is 67.8 Å². The minimum absolute atomic E-state index is 0.597. The first-order chi connectivity index (χ1) is 13.6. The Morgan fingerprint density at radius 1 is 1.21 bits per heavy atom. The van der Waals surface area contributed by atoms with E-state index in [2.05, 4.69) is 42.5 Å². The van der Waals surface area contributed by atoms with Crippen LogP contribution < -0.4 is 15.4 Å². The molecule has 0 spiro atoms. The fourth-order valence-corrected chi connectivity index (χ4v) is 3.51. The summed E-state index contributed by atoms with van der Waals surface area (Å²) < 4.78 is 10.8. The summed E-state index contributed by atoms with van der Waals surface area (Å²) in [5.41, 5.74) is 2.25. The Morgan fingerprint density at radius 3 is 2.79 bits per heavy atom. The Bertz CT molecular complexity index is 726. The lowest BCUT2D eigenvalue weighted by Crippen LogP contribution is -2.38. The van der Waals surface area contributed by atoms with E-state index in [9.17, 15) is 0 Å². The summed E-state index contributed by atoms with van der Waals surface area (Å²) in [6, 6.07) is 8.09. The van der Waals surface area contributed by atoms with Crippen LogP contribution in [0.2, 0.25) is 0 Å². The standard InChI is InChI=1S/C21H32N4O2S/c1-5-22-21(23-11-10-20-25-16(2)17(3)28-20)24-15-18-8-6-9-19(14-18)27-13-7-12-26-4/h6,8-9,14H,5,7,10-13,15H2,1-4H3,(H2,22,23,24). The van der Waals surface area contributed by atoms with Gasteiger partial charge in [0.25, 0.3) is 0 Å². The number of ether oxygens (including phenoxy) is 2. The average Bonchev–Trinajstić information content (AvgIpc) is 3.01. The summed E-state index contributed by atoms with van der Waals surface area (Å²) in [4.78, 5) is 10.6. The molecule has 0 saturated heterocycles. The van der Waals surface area contributed by atoms with E-state index in [4.69, 9.17) is 14.5 Å². The number of methoxy groups -OCH3 is 1. The van der Waals surface area contributed by atoms with Crippen molar-refractivity contribution in [3.63, 3.8) is 0 Å². The van der Waals surface area contributed by atoms with Crippen LogP contribution in [0.3, 0.4) is 0 Å². The Hall–Kier alpha value is -2.12. The van der Waals surface area contributed by atoms with Gasteiger partial charge in [0.1, 0.15) is 5.75 Å². The van der Waals surface area contributed by atoms with E-state index in [1.165, 1.54) is 4.88 Å². The van der Waals surface area contributed by atoms with Gasteiger partial charge in [0.05, 0.1) is 23.9 Å². The maximum Gasteiger partial charge on any atom is 0.191 e. The molecule has 0 fully saturated rings. The van der Waals surface area contributed by atoms with Gasteiger partial charge in [-0.05, 0) is 38.5 Å². The number of hydrogen-bond acceptors (Lipinski definition) is 5. The highest BCUT2D eigenvalue weighted by Crippen LogP contribution is 2.16. The molecule has 2 rings (SSSR count). The second-order valence-electron chi connectivity index (χ2n) is 6.46. The molecule has 0 bridgehead atoms. The van der Waals surface area contributed by atoms with Gasteiger partial charge in [-0.2, -0.15) is 0 Å². The normalized spacial score (nSPS) is 11.5. The van der Waals surface area contributed by atoms with E-state index in [0.717, 1.165) is 53.9 Å². The fraction of sp³-hybridized carbons (Fsp3) is 0.524. The lowest BCUT2D eigenvalue weighted by atomic mass is 10.2. The molecule has 28 heavy (non-hydrogen) atoms. The van der Waals surface area contributed by atoms with Crippen molar-refractivity contribution in [1.29, 1.82) is 0 Å². The smallest absolute Gasteiger partial charge is 0.191 e. The summed E-state index contributed by atoms with van der Waals surface area (Å²) in [5, 5.41) is 7.85. The van der Waals surface area contributed by atoms with Crippen molar-refractivity contribution in [2.24, 2.45) is 4.99 Å². The van der Waals surface area contributed by atoms with Crippen molar-refractivity contribution < 1.29 is 9.47 Å². The van der Waals surface area contributed by atoms with Gasteiger partial charge in [0.2, 0.25) is 0 Å². The number of thiazole rings is 1. The van der Waals surface area contributed by atoms with Crippen LogP contribution in [-0.4, -0.2) is 44.4 Å². The van der Waals surface area contributed by atoms with Crippen LogP contribution in [0.15, 0.2) is 29.3 Å². The highest BCUT2D eigenvalue weighted by molar-refractivity contribution is 7.11. The second-order valence-corrected chi connectivity index (χ2v) is 7.75. The first-order valence-corrected chi connectivity index (χ1v) is 10.6. The first kappa shape index (κ1) is 22.2. The Labute approximate surface area is 172 Å². The largest absolute Gasteiger partial charge is 0.493 e. The molecule has 0 aliphatic rings. The van der Waals surface area contributed by atoms with Crippen LogP contribution in [0, 0.1) is 13.8 Å². The van der Waals surface area contributed by atoms with E-state index < -0.39 is 0 Å². The molecular formula is C21H32N4O2S. The lowest BCUT2D eigenvalue weighted by molar-refractivity contribution is 0.172. The van der Waals surface area contributed by atoms with E-state index in [1.807, 2.05) is 18.2 Å². The van der Waals surface area contributed by atoms with Crippen molar-refractivity contribution in [2.45, 2.75) is 40.2 Å². The summed E-state index contributed by atoms with van der Waals surface area (Å²) in [6.07, 6.45) is 1.78. The summed E-state index contributed by atoms with van der Waals surface area (Å²) >= 11 is 1.77. The summed E-state index contributed by atoms with van der Waals surface area (Å²) in [7, 11) is 1.70. The van der Waals surface area contributed by atoms with Crippen LogP contribution in [0.1, 0.15) is 34.5 Å². The van der Waals surface area contributed by atoms with E-state index >= 15 is 0 Å². The van der Waals surface area contributed by atoms with Crippen LogP contribution in [-0.2, 0) is 17.7 Å². The van der Waals surface area contributed by atoms with Crippen LogP contribution >= 0.6 is 11.3 Å². The Balaban J connectivity index is 1.85. The Morgan fingerprint density at radius 2 is 2.07 bits per heavy atom. The van der Waals surface area contributed by atoms with Gasteiger partial charge in [0.15, 0.2) is 5.96 Å². The van der Waals surface area contributed by atoms with Crippen LogP contribution in [0.25, 0.3) is 0 Å². The predicted octanol–water partition coefficient (Wildman–Crippen LogP) is 3.47. The minimum atomic E-state index is 0.597. The SMILES string of the molecule is CCNC(=NCc1cccc(OCCCOC)c1)NCCc1nc(C)c(C)s1. The number of nitrogens with one attached hydrogen (secondary N) is 2. The number of hydrogen-bond donors (Lipinski definition) is 2. The summed E-state index contributed by atoms with van der Waals surface area (Å²) in [5.74, 6) is 1.69. The van der Waals surface area contributed by atoms with Gasteiger partial charge in [-0.1, -0.05) is 12.1 Å². The quantitative estimate of drug-likeness (QED) is 0.341. The van der Waals surface area contributed by atoms with Crippen molar-refractivity contribution in [1.82, 2.24) is 15.6 Å². The molecule has 154 valence electrons. The summed E-state index contributed by atoms with van der Waals surface area (Å²) in [6.45, 7) is 9.83. The third kappa shape index (κ3) is 7.86. The monoisotopic (exact) mass is 404 g/mol. The molecule has 0 aliphatic heterocycles.